The Hall–Kier alpha value is -1.40. The Morgan fingerprint density at radius 1 is 1.39 bits per heavy atom. The smallest absolute Gasteiger partial charge is 0.226 e. The van der Waals surface area contributed by atoms with E-state index in [2.05, 4.69) is 10.1 Å². The molecule has 2 rings (SSSR count). The van der Waals surface area contributed by atoms with Gasteiger partial charge in [0.15, 0.2) is 5.82 Å². The van der Waals surface area contributed by atoms with Crippen molar-refractivity contribution in [1.29, 1.82) is 0 Å². The van der Waals surface area contributed by atoms with Crippen molar-refractivity contribution < 1.29 is 8.91 Å². The summed E-state index contributed by atoms with van der Waals surface area (Å²) in [4.78, 5) is 5.09. The molecule has 0 bridgehead atoms. The zero-order chi connectivity index (χ0) is 12.8. The molecule has 2 aromatic rings. The lowest BCUT2D eigenvalue weighted by molar-refractivity contribution is 0.372. The molecule has 0 amide bonds. The van der Waals surface area contributed by atoms with Crippen molar-refractivity contribution in [3.05, 3.63) is 41.8 Å². The van der Waals surface area contributed by atoms with Gasteiger partial charge in [0, 0.05) is 11.3 Å². The molecule has 0 aliphatic carbocycles. The Kier molecular flexibility index (Phi) is 4.72. The van der Waals surface area contributed by atoms with Gasteiger partial charge in [-0.1, -0.05) is 11.2 Å². The van der Waals surface area contributed by atoms with E-state index in [-0.39, 0.29) is 5.82 Å². The van der Waals surface area contributed by atoms with Gasteiger partial charge in [0.1, 0.15) is 5.82 Å². The summed E-state index contributed by atoms with van der Waals surface area (Å²) in [6.45, 7) is 0.607. The van der Waals surface area contributed by atoms with Gasteiger partial charge in [-0.3, -0.25) is 0 Å². The van der Waals surface area contributed by atoms with Crippen LogP contribution in [0.15, 0.2) is 33.7 Å². The van der Waals surface area contributed by atoms with Crippen LogP contribution in [0.2, 0.25) is 0 Å². The van der Waals surface area contributed by atoms with Gasteiger partial charge in [-0.15, -0.1) is 11.8 Å². The molecule has 0 saturated carbocycles. The largest absolute Gasteiger partial charge is 0.339 e. The van der Waals surface area contributed by atoms with Crippen LogP contribution in [-0.2, 0) is 12.2 Å². The van der Waals surface area contributed by atoms with Gasteiger partial charge >= 0.3 is 0 Å². The van der Waals surface area contributed by atoms with Crippen molar-refractivity contribution in [3.63, 3.8) is 0 Å². The minimum atomic E-state index is -0.239. The van der Waals surface area contributed by atoms with E-state index in [0.29, 0.717) is 30.4 Å². The molecule has 96 valence electrons. The van der Waals surface area contributed by atoms with E-state index in [9.17, 15) is 4.39 Å². The molecule has 0 radical (unpaired) electrons. The van der Waals surface area contributed by atoms with Crippen molar-refractivity contribution in [2.45, 2.75) is 23.5 Å². The second kappa shape index (κ2) is 6.51. The first-order valence-electron chi connectivity index (χ1n) is 5.68. The Morgan fingerprint density at radius 2 is 2.28 bits per heavy atom. The lowest BCUT2D eigenvalue weighted by atomic mass is 10.3. The van der Waals surface area contributed by atoms with Gasteiger partial charge in [-0.05, 0) is 31.2 Å². The van der Waals surface area contributed by atoms with E-state index in [1.54, 1.807) is 6.07 Å². The number of hydrogen-bond donors (Lipinski definition) is 1. The monoisotopic (exact) mass is 267 g/mol. The van der Waals surface area contributed by atoms with Crippen LogP contribution in [0.3, 0.4) is 0 Å². The van der Waals surface area contributed by atoms with Crippen LogP contribution in [0.4, 0.5) is 4.39 Å². The number of hydrogen-bond acceptors (Lipinski definition) is 5. The molecular formula is C12H14FN3OS. The molecule has 2 N–H and O–H groups in total. The minimum absolute atomic E-state index is 0.239. The number of halogens is 1. The van der Waals surface area contributed by atoms with Gasteiger partial charge in [-0.25, -0.2) is 4.39 Å². The van der Waals surface area contributed by atoms with Gasteiger partial charge in [0.05, 0.1) is 5.75 Å². The maximum atomic E-state index is 13.0. The first-order chi connectivity index (χ1) is 8.78. The lowest BCUT2D eigenvalue weighted by Crippen LogP contribution is -2.00. The average molecular weight is 267 g/mol. The molecule has 6 heteroatoms. The molecule has 1 aromatic carbocycles. The normalized spacial score (nSPS) is 10.8. The molecule has 0 aliphatic heterocycles. The number of nitrogens with zero attached hydrogens (tertiary/aromatic N) is 2. The van der Waals surface area contributed by atoms with Crippen LogP contribution in [0.1, 0.15) is 18.1 Å². The molecule has 1 aromatic heterocycles. The molecule has 0 spiro atoms. The Balaban J connectivity index is 1.88. The third-order valence-corrected chi connectivity index (χ3v) is 3.26. The molecule has 0 unspecified atom stereocenters. The highest BCUT2D eigenvalue weighted by molar-refractivity contribution is 7.98. The van der Waals surface area contributed by atoms with Gasteiger partial charge in [-0.2, -0.15) is 4.98 Å². The Bertz CT molecular complexity index is 504. The summed E-state index contributed by atoms with van der Waals surface area (Å²) >= 11 is 1.48. The third kappa shape index (κ3) is 3.82. The van der Waals surface area contributed by atoms with E-state index in [1.807, 2.05) is 6.07 Å². The number of nitrogens with two attached hydrogens (primary N) is 1. The van der Waals surface area contributed by atoms with E-state index in [1.165, 1.54) is 23.9 Å². The van der Waals surface area contributed by atoms with E-state index in [4.69, 9.17) is 10.3 Å². The summed E-state index contributed by atoms with van der Waals surface area (Å²) in [5, 5.41) is 3.87. The van der Waals surface area contributed by atoms with Crippen molar-refractivity contribution >= 4 is 11.8 Å². The average Bonchev–Trinajstić information content (AvgIpc) is 2.82. The number of benzene rings is 1. The van der Waals surface area contributed by atoms with Crippen LogP contribution >= 0.6 is 11.8 Å². The Labute approximate surface area is 109 Å². The fraction of sp³-hybridized carbons (Fsp3) is 0.333. The maximum absolute atomic E-state index is 13.0. The van der Waals surface area contributed by atoms with Gasteiger partial charge in [0.2, 0.25) is 5.89 Å². The molecule has 18 heavy (non-hydrogen) atoms. The zero-order valence-electron chi connectivity index (χ0n) is 9.80. The van der Waals surface area contributed by atoms with Crippen molar-refractivity contribution in [2.24, 2.45) is 5.73 Å². The van der Waals surface area contributed by atoms with Crippen LogP contribution < -0.4 is 5.73 Å². The fourth-order valence-corrected chi connectivity index (χ4v) is 2.19. The van der Waals surface area contributed by atoms with E-state index in [0.717, 1.165) is 11.3 Å². The number of aryl methyl sites for hydroxylation is 1. The molecule has 0 aliphatic rings. The number of thioether (sulfide) groups is 1. The number of rotatable bonds is 6. The van der Waals surface area contributed by atoms with Crippen molar-refractivity contribution in [1.82, 2.24) is 10.1 Å². The standard InChI is InChI=1S/C12H14FN3OS/c13-9-3-1-4-10(7-9)18-8-11-15-12(17-16-11)5-2-6-14/h1,3-4,7H,2,5-6,8,14H2. The first-order valence-corrected chi connectivity index (χ1v) is 6.66. The van der Waals surface area contributed by atoms with Crippen LogP contribution in [0, 0.1) is 5.82 Å². The minimum Gasteiger partial charge on any atom is -0.339 e. The maximum Gasteiger partial charge on any atom is 0.226 e. The van der Waals surface area contributed by atoms with Gasteiger partial charge < -0.3 is 10.3 Å². The van der Waals surface area contributed by atoms with E-state index >= 15 is 0 Å². The zero-order valence-corrected chi connectivity index (χ0v) is 10.6. The highest BCUT2D eigenvalue weighted by Gasteiger charge is 2.06. The van der Waals surface area contributed by atoms with Gasteiger partial charge in [0.25, 0.3) is 0 Å². The fourth-order valence-electron chi connectivity index (χ4n) is 1.41. The Morgan fingerprint density at radius 3 is 3.06 bits per heavy atom. The highest BCUT2D eigenvalue weighted by atomic mass is 32.2. The molecule has 0 saturated heterocycles. The predicted molar refractivity (Wildman–Crippen MR) is 67.6 cm³/mol. The first kappa shape index (κ1) is 13.0. The molecule has 1 heterocycles. The van der Waals surface area contributed by atoms with Crippen LogP contribution in [-0.4, -0.2) is 16.7 Å². The highest BCUT2D eigenvalue weighted by Crippen LogP contribution is 2.22. The summed E-state index contributed by atoms with van der Waals surface area (Å²) in [5.74, 6) is 1.55. The second-order valence-electron chi connectivity index (χ2n) is 3.74. The molecule has 4 nitrogen and oxygen atoms in total. The summed E-state index contributed by atoms with van der Waals surface area (Å²) in [5.41, 5.74) is 5.40. The summed E-state index contributed by atoms with van der Waals surface area (Å²) in [6.07, 6.45) is 1.53. The molecular weight excluding hydrogens is 253 g/mol. The number of aromatic nitrogens is 2. The SMILES string of the molecule is NCCCc1nc(CSc2cccc(F)c2)no1. The third-order valence-electron chi connectivity index (χ3n) is 2.27. The van der Waals surface area contributed by atoms with Crippen molar-refractivity contribution in [2.75, 3.05) is 6.54 Å². The van der Waals surface area contributed by atoms with Crippen LogP contribution in [0.25, 0.3) is 0 Å². The topological polar surface area (TPSA) is 64.9 Å². The summed E-state index contributed by atoms with van der Waals surface area (Å²) < 4.78 is 18.0. The van der Waals surface area contributed by atoms with E-state index < -0.39 is 0 Å². The lowest BCUT2D eigenvalue weighted by Gasteiger charge is -1.97. The molecule has 0 atom stereocenters. The second-order valence-corrected chi connectivity index (χ2v) is 4.79. The van der Waals surface area contributed by atoms with Crippen LogP contribution in [0.5, 0.6) is 0 Å². The molecule has 0 fully saturated rings. The summed E-state index contributed by atoms with van der Waals surface area (Å²) in [7, 11) is 0. The quantitative estimate of drug-likeness (QED) is 0.814. The van der Waals surface area contributed by atoms with Crippen molar-refractivity contribution in [3.8, 4) is 0 Å². The summed E-state index contributed by atoms with van der Waals surface area (Å²) in [6, 6.07) is 6.44. The predicted octanol–water partition coefficient (Wildman–Crippen LogP) is 2.39.